The third-order valence-electron chi connectivity index (χ3n) is 7.11. The fourth-order valence-corrected chi connectivity index (χ4v) is 6.37. The maximum Gasteiger partial charge on any atom is 0.227 e. The van der Waals surface area contributed by atoms with Gasteiger partial charge in [-0.2, -0.15) is 0 Å². The van der Waals surface area contributed by atoms with Gasteiger partial charge < -0.3 is 15.0 Å². The van der Waals surface area contributed by atoms with E-state index < -0.39 is 17.1 Å². The highest BCUT2D eigenvalue weighted by Gasteiger charge is 2.60. The standard InChI is InChI=1S/C22H26FN3O2/c1-26-7-6-24-19(26)18(16-2-4-17(23)5-3-16)25-20(27)21-9-14-8-15(10-21)12-22(28,11-14)13-21/h2-7,14-15,18,28H,8-13H2,1H3,(H,25,27). The van der Waals surface area contributed by atoms with Gasteiger partial charge >= 0.3 is 0 Å². The largest absolute Gasteiger partial charge is 0.390 e. The topological polar surface area (TPSA) is 67.2 Å². The van der Waals surface area contributed by atoms with Crippen LogP contribution in [0.3, 0.4) is 0 Å². The summed E-state index contributed by atoms with van der Waals surface area (Å²) in [7, 11) is 1.89. The SMILES string of the molecule is Cn1ccnc1C(NC(=O)C12CC3CC(CC(O)(C3)C1)C2)c1ccc(F)cc1. The van der Waals surface area contributed by atoms with Gasteiger partial charge in [0.1, 0.15) is 17.7 Å². The van der Waals surface area contributed by atoms with E-state index in [2.05, 4.69) is 10.3 Å². The van der Waals surface area contributed by atoms with Crippen LogP contribution in [0.5, 0.6) is 0 Å². The van der Waals surface area contributed by atoms with Crippen molar-refractivity contribution in [3.8, 4) is 0 Å². The molecule has 2 aromatic rings. The van der Waals surface area contributed by atoms with Crippen LogP contribution in [0, 0.1) is 23.1 Å². The molecule has 1 amide bonds. The lowest BCUT2D eigenvalue weighted by molar-refractivity contribution is -0.178. The minimum Gasteiger partial charge on any atom is -0.390 e. The molecule has 6 rings (SSSR count). The molecule has 3 atom stereocenters. The van der Waals surface area contributed by atoms with E-state index >= 15 is 0 Å². The molecule has 28 heavy (non-hydrogen) atoms. The van der Waals surface area contributed by atoms with Gasteiger partial charge in [-0.25, -0.2) is 9.37 Å². The molecule has 4 aliphatic rings. The van der Waals surface area contributed by atoms with Crippen molar-refractivity contribution in [2.24, 2.45) is 24.3 Å². The van der Waals surface area contributed by atoms with E-state index in [0.717, 1.165) is 37.7 Å². The molecular weight excluding hydrogens is 357 g/mol. The van der Waals surface area contributed by atoms with Gasteiger partial charge in [-0.15, -0.1) is 0 Å². The first-order valence-electron chi connectivity index (χ1n) is 10.1. The van der Waals surface area contributed by atoms with E-state index in [-0.39, 0.29) is 11.7 Å². The third-order valence-corrected chi connectivity index (χ3v) is 7.11. The van der Waals surface area contributed by atoms with Crippen molar-refractivity contribution >= 4 is 5.91 Å². The van der Waals surface area contributed by atoms with Gasteiger partial charge in [0, 0.05) is 19.4 Å². The van der Waals surface area contributed by atoms with E-state index in [9.17, 15) is 14.3 Å². The molecule has 0 radical (unpaired) electrons. The van der Waals surface area contributed by atoms with Crippen LogP contribution in [-0.2, 0) is 11.8 Å². The Morgan fingerprint density at radius 3 is 2.50 bits per heavy atom. The number of hydrogen-bond donors (Lipinski definition) is 2. The third kappa shape index (κ3) is 2.85. The summed E-state index contributed by atoms with van der Waals surface area (Å²) in [6.07, 6.45) is 8.60. The molecule has 0 aliphatic heterocycles. The predicted molar refractivity (Wildman–Crippen MR) is 102 cm³/mol. The fraction of sp³-hybridized carbons (Fsp3) is 0.545. The number of nitrogens with one attached hydrogen (secondary N) is 1. The Morgan fingerprint density at radius 1 is 1.25 bits per heavy atom. The van der Waals surface area contributed by atoms with Crippen LogP contribution in [0.2, 0.25) is 0 Å². The fourth-order valence-electron chi connectivity index (χ4n) is 6.37. The number of aryl methyl sites for hydroxylation is 1. The average Bonchev–Trinajstić information content (AvgIpc) is 3.04. The van der Waals surface area contributed by atoms with Crippen LogP contribution >= 0.6 is 0 Å². The van der Waals surface area contributed by atoms with Crippen molar-refractivity contribution in [2.45, 2.75) is 50.2 Å². The molecule has 0 saturated heterocycles. The Hall–Kier alpha value is -2.21. The van der Waals surface area contributed by atoms with Crippen molar-refractivity contribution in [3.05, 3.63) is 53.9 Å². The van der Waals surface area contributed by atoms with E-state index in [1.54, 1.807) is 18.3 Å². The zero-order chi connectivity index (χ0) is 19.5. The normalized spacial score (nSPS) is 34.4. The number of carbonyl (C=O) groups is 1. The van der Waals surface area contributed by atoms with Crippen LogP contribution in [0.25, 0.3) is 0 Å². The maximum atomic E-state index is 13.6. The maximum absolute atomic E-state index is 13.6. The van der Waals surface area contributed by atoms with Crippen molar-refractivity contribution < 1.29 is 14.3 Å². The van der Waals surface area contributed by atoms with Crippen molar-refractivity contribution in [3.63, 3.8) is 0 Å². The lowest BCUT2D eigenvalue weighted by Gasteiger charge is -2.59. The highest BCUT2D eigenvalue weighted by atomic mass is 19.1. The van der Waals surface area contributed by atoms with Gasteiger partial charge in [0.15, 0.2) is 0 Å². The molecule has 5 nitrogen and oxygen atoms in total. The van der Waals surface area contributed by atoms with Crippen molar-refractivity contribution in [2.75, 3.05) is 0 Å². The second-order valence-electron chi connectivity index (χ2n) is 9.32. The van der Waals surface area contributed by atoms with Crippen LogP contribution in [0.4, 0.5) is 4.39 Å². The molecule has 1 heterocycles. The Bertz CT molecular complexity index is 893. The molecule has 2 N–H and O–H groups in total. The van der Waals surface area contributed by atoms with Gasteiger partial charge in [-0.1, -0.05) is 12.1 Å². The predicted octanol–water partition coefficient (Wildman–Crippen LogP) is 3.10. The Labute approximate surface area is 164 Å². The zero-order valence-electron chi connectivity index (χ0n) is 16.1. The molecule has 4 bridgehead atoms. The van der Waals surface area contributed by atoms with Gasteiger partial charge in [0.25, 0.3) is 0 Å². The Morgan fingerprint density at radius 2 is 1.93 bits per heavy atom. The number of benzene rings is 1. The number of imidazole rings is 1. The number of rotatable bonds is 4. The number of aromatic nitrogens is 2. The molecular formula is C22H26FN3O2. The number of nitrogens with zero attached hydrogens (tertiary/aromatic N) is 2. The highest BCUT2D eigenvalue weighted by Crippen LogP contribution is 2.61. The van der Waals surface area contributed by atoms with Crippen molar-refractivity contribution in [1.82, 2.24) is 14.9 Å². The van der Waals surface area contributed by atoms with Crippen LogP contribution in [0.15, 0.2) is 36.7 Å². The van der Waals surface area contributed by atoms with E-state index in [0.29, 0.717) is 24.1 Å². The minimum atomic E-state index is -0.685. The Balaban J connectivity index is 1.47. The van der Waals surface area contributed by atoms with Gasteiger partial charge in [-0.3, -0.25) is 4.79 Å². The summed E-state index contributed by atoms with van der Waals surface area (Å²) in [5, 5.41) is 14.2. The smallest absolute Gasteiger partial charge is 0.227 e. The monoisotopic (exact) mass is 383 g/mol. The molecule has 4 fully saturated rings. The second kappa shape index (κ2) is 6.14. The first-order valence-corrected chi connectivity index (χ1v) is 10.1. The molecule has 148 valence electrons. The number of carbonyl (C=O) groups excluding carboxylic acids is 1. The number of halogens is 1. The highest BCUT2D eigenvalue weighted by molar-refractivity contribution is 5.84. The summed E-state index contributed by atoms with van der Waals surface area (Å²) >= 11 is 0. The summed E-state index contributed by atoms with van der Waals surface area (Å²) in [6, 6.07) is 5.76. The minimum absolute atomic E-state index is 0.00245. The molecule has 6 heteroatoms. The number of amides is 1. The lowest BCUT2D eigenvalue weighted by Crippen LogP contribution is -2.60. The number of aliphatic hydroxyl groups is 1. The molecule has 4 saturated carbocycles. The summed E-state index contributed by atoms with van der Waals surface area (Å²) in [5.74, 6) is 1.28. The zero-order valence-corrected chi connectivity index (χ0v) is 16.1. The number of hydrogen-bond acceptors (Lipinski definition) is 3. The summed E-state index contributed by atoms with van der Waals surface area (Å²) < 4.78 is 15.3. The van der Waals surface area contributed by atoms with E-state index in [1.165, 1.54) is 12.1 Å². The Kier molecular flexibility index (Phi) is 3.92. The molecule has 4 aliphatic carbocycles. The second-order valence-corrected chi connectivity index (χ2v) is 9.32. The van der Waals surface area contributed by atoms with E-state index in [4.69, 9.17) is 0 Å². The molecule has 3 unspecified atom stereocenters. The van der Waals surface area contributed by atoms with Gasteiger partial charge in [0.2, 0.25) is 5.91 Å². The lowest BCUT2D eigenvalue weighted by atomic mass is 9.47. The van der Waals surface area contributed by atoms with Crippen LogP contribution < -0.4 is 5.32 Å². The van der Waals surface area contributed by atoms with Crippen LogP contribution in [0.1, 0.15) is 56.0 Å². The summed E-state index contributed by atoms with van der Waals surface area (Å²) in [4.78, 5) is 18.0. The first kappa shape index (κ1) is 17.9. The van der Waals surface area contributed by atoms with Gasteiger partial charge in [0.05, 0.1) is 11.0 Å². The molecule has 0 spiro atoms. The van der Waals surface area contributed by atoms with Crippen molar-refractivity contribution in [1.29, 1.82) is 0 Å². The first-order chi connectivity index (χ1) is 13.4. The average molecular weight is 383 g/mol. The quantitative estimate of drug-likeness (QED) is 0.853. The summed E-state index contributed by atoms with van der Waals surface area (Å²) in [6.45, 7) is 0. The van der Waals surface area contributed by atoms with Gasteiger partial charge in [-0.05, 0) is 68.1 Å². The summed E-state index contributed by atoms with van der Waals surface area (Å²) in [5.41, 5.74) is -0.384. The van der Waals surface area contributed by atoms with Crippen LogP contribution in [-0.4, -0.2) is 26.2 Å². The van der Waals surface area contributed by atoms with E-state index in [1.807, 2.05) is 17.8 Å². The molecule has 1 aromatic carbocycles. The molecule has 1 aromatic heterocycles.